The third-order valence-corrected chi connectivity index (χ3v) is 3.29. The van der Waals surface area contributed by atoms with Gasteiger partial charge in [0.25, 0.3) is 0 Å². The van der Waals surface area contributed by atoms with Crippen LogP contribution >= 0.6 is 0 Å². The van der Waals surface area contributed by atoms with Crippen LogP contribution in [0.15, 0.2) is 36.4 Å². The van der Waals surface area contributed by atoms with Crippen molar-refractivity contribution in [2.75, 3.05) is 0 Å². The molecular formula is C16H12. The van der Waals surface area contributed by atoms with Gasteiger partial charge in [0.15, 0.2) is 0 Å². The Hall–Kier alpha value is -2.00. The highest BCUT2D eigenvalue weighted by molar-refractivity contribution is 5.78. The summed E-state index contributed by atoms with van der Waals surface area (Å²) in [7, 11) is 0. The number of fused-ring (bicyclic) bond motifs is 3. The Bertz CT molecular complexity index is 612. The molecule has 0 heterocycles. The van der Waals surface area contributed by atoms with Crippen LogP contribution in [0, 0.1) is 19.3 Å². The van der Waals surface area contributed by atoms with Crippen molar-refractivity contribution in [3.05, 3.63) is 58.7 Å². The Labute approximate surface area is 95.9 Å². The molecule has 2 aromatic carbocycles. The van der Waals surface area contributed by atoms with E-state index >= 15 is 0 Å². The molecule has 0 atom stereocenters. The van der Waals surface area contributed by atoms with Crippen molar-refractivity contribution >= 4 is 0 Å². The molecule has 0 nitrogen and oxygen atoms in total. The molecule has 0 radical (unpaired) electrons. The molecule has 2 aromatic rings. The molecule has 3 rings (SSSR count). The maximum absolute atomic E-state index is 5.51. The first-order valence-corrected chi connectivity index (χ1v) is 5.48. The maximum Gasteiger partial charge on any atom is 0.0278 e. The summed E-state index contributed by atoms with van der Waals surface area (Å²) < 4.78 is 0. The summed E-state index contributed by atoms with van der Waals surface area (Å²) >= 11 is 0. The van der Waals surface area contributed by atoms with Gasteiger partial charge in [0, 0.05) is 5.56 Å². The van der Waals surface area contributed by atoms with E-state index in [0.717, 1.165) is 12.0 Å². The molecule has 76 valence electrons. The van der Waals surface area contributed by atoms with Gasteiger partial charge in [-0.05, 0) is 47.2 Å². The molecule has 0 amide bonds. The number of hydrogen-bond donors (Lipinski definition) is 0. The molecular weight excluding hydrogens is 192 g/mol. The Morgan fingerprint density at radius 3 is 2.69 bits per heavy atom. The van der Waals surface area contributed by atoms with E-state index in [1.54, 1.807) is 0 Å². The largest absolute Gasteiger partial charge is 0.115 e. The van der Waals surface area contributed by atoms with Gasteiger partial charge in [-0.2, -0.15) is 0 Å². The molecule has 0 fully saturated rings. The summed E-state index contributed by atoms with van der Waals surface area (Å²) in [6.45, 7) is 2.08. The zero-order chi connectivity index (χ0) is 11.1. The number of rotatable bonds is 0. The molecule has 0 bridgehead atoms. The number of hydrogen-bond acceptors (Lipinski definition) is 0. The summed E-state index contributed by atoms with van der Waals surface area (Å²) in [6, 6.07) is 12.9. The highest BCUT2D eigenvalue weighted by atomic mass is 14.2. The molecule has 0 saturated carbocycles. The molecule has 0 heteroatoms. The van der Waals surface area contributed by atoms with Gasteiger partial charge in [-0.1, -0.05) is 36.3 Å². The Kier molecular flexibility index (Phi) is 1.88. The standard InChI is InChI=1S/C16H12/c1-3-12-10-16-14(8-11(12)2)9-13-6-4-5-7-15(13)16/h1,4-8,10H,9H2,2H3. The van der Waals surface area contributed by atoms with E-state index in [1.165, 1.54) is 27.8 Å². The zero-order valence-electron chi connectivity index (χ0n) is 9.25. The highest BCUT2D eigenvalue weighted by Crippen LogP contribution is 2.37. The van der Waals surface area contributed by atoms with Gasteiger partial charge in [0.05, 0.1) is 0 Å². The quantitative estimate of drug-likeness (QED) is 0.491. The molecule has 0 aliphatic heterocycles. The first kappa shape index (κ1) is 9.24. The van der Waals surface area contributed by atoms with E-state index in [-0.39, 0.29) is 0 Å². The van der Waals surface area contributed by atoms with Crippen molar-refractivity contribution in [1.29, 1.82) is 0 Å². The fraction of sp³-hybridized carbons (Fsp3) is 0.125. The van der Waals surface area contributed by atoms with Crippen LogP contribution < -0.4 is 0 Å². The fourth-order valence-electron chi connectivity index (χ4n) is 2.46. The van der Waals surface area contributed by atoms with E-state index in [0.29, 0.717) is 0 Å². The van der Waals surface area contributed by atoms with Crippen molar-refractivity contribution in [3.63, 3.8) is 0 Å². The van der Waals surface area contributed by atoms with E-state index in [1.807, 2.05) is 0 Å². The summed E-state index contributed by atoms with van der Waals surface area (Å²) in [5.74, 6) is 2.76. The maximum atomic E-state index is 5.51. The lowest BCUT2D eigenvalue weighted by atomic mass is 9.99. The smallest absolute Gasteiger partial charge is 0.0278 e. The van der Waals surface area contributed by atoms with Crippen LogP contribution in [0.4, 0.5) is 0 Å². The summed E-state index contributed by atoms with van der Waals surface area (Å²) in [6.07, 6.45) is 6.55. The molecule has 0 spiro atoms. The summed E-state index contributed by atoms with van der Waals surface area (Å²) in [5.41, 5.74) is 7.68. The SMILES string of the molecule is C#Cc1cc2c(cc1C)Cc1ccccc1-2. The van der Waals surface area contributed by atoms with E-state index in [9.17, 15) is 0 Å². The third kappa shape index (κ3) is 1.19. The van der Waals surface area contributed by atoms with Gasteiger partial charge < -0.3 is 0 Å². The summed E-state index contributed by atoms with van der Waals surface area (Å²) in [5, 5.41) is 0. The lowest BCUT2D eigenvalue weighted by Gasteiger charge is -2.04. The highest BCUT2D eigenvalue weighted by Gasteiger charge is 2.18. The number of terminal acetylenes is 1. The van der Waals surface area contributed by atoms with Crippen LogP contribution in [-0.4, -0.2) is 0 Å². The minimum absolute atomic E-state index is 1.01. The summed E-state index contributed by atoms with van der Waals surface area (Å²) in [4.78, 5) is 0. The van der Waals surface area contributed by atoms with Crippen LogP contribution in [0.25, 0.3) is 11.1 Å². The van der Waals surface area contributed by atoms with Gasteiger partial charge in [0.1, 0.15) is 0 Å². The molecule has 0 N–H and O–H groups in total. The second kappa shape index (κ2) is 3.25. The predicted octanol–water partition coefficient (Wildman–Crippen LogP) is 3.55. The number of benzene rings is 2. The lowest BCUT2D eigenvalue weighted by molar-refractivity contribution is 1.24. The molecule has 16 heavy (non-hydrogen) atoms. The second-order valence-electron chi connectivity index (χ2n) is 4.30. The predicted molar refractivity (Wildman–Crippen MR) is 67.4 cm³/mol. The second-order valence-corrected chi connectivity index (χ2v) is 4.30. The topological polar surface area (TPSA) is 0 Å². The van der Waals surface area contributed by atoms with E-state index in [2.05, 4.69) is 49.2 Å². The van der Waals surface area contributed by atoms with Gasteiger partial charge in [-0.3, -0.25) is 0 Å². The van der Waals surface area contributed by atoms with Crippen molar-refractivity contribution in [2.45, 2.75) is 13.3 Å². The first-order chi connectivity index (χ1) is 7.79. The average Bonchev–Trinajstić information content (AvgIpc) is 2.65. The monoisotopic (exact) mass is 204 g/mol. The van der Waals surface area contributed by atoms with Gasteiger partial charge in [-0.25, -0.2) is 0 Å². The van der Waals surface area contributed by atoms with Crippen molar-refractivity contribution in [2.24, 2.45) is 0 Å². The van der Waals surface area contributed by atoms with E-state index in [4.69, 9.17) is 6.42 Å². The van der Waals surface area contributed by atoms with Gasteiger partial charge in [0.2, 0.25) is 0 Å². The van der Waals surface area contributed by atoms with Crippen molar-refractivity contribution in [3.8, 4) is 23.5 Å². The average molecular weight is 204 g/mol. The minimum atomic E-state index is 1.01. The van der Waals surface area contributed by atoms with Gasteiger partial charge in [-0.15, -0.1) is 6.42 Å². The van der Waals surface area contributed by atoms with Crippen molar-refractivity contribution < 1.29 is 0 Å². The molecule has 1 aliphatic rings. The molecule has 1 aliphatic carbocycles. The van der Waals surface area contributed by atoms with Crippen molar-refractivity contribution in [1.82, 2.24) is 0 Å². The molecule has 0 aromatic heterocycles. The lowest BCUT2D eigenvalue weighted by Crippen LogP contribution is -1.87. The molecule has 0 saturated heterocycles. The van der Waals surface area contributed by atoms with Crippen LogP contribution in [0.5, 0.6) is 0 Å². The molecule has 0 unspecified atom stereocenters. The van der Waals surface area contributed by atoms with Crippen LogP contribution in [0.1, 0.15) is 22.3 Å². The Balaban J connectivity index is 2.29. The zero-order valence-corrected chi connectivity index (χ0v) is 9.25. The first-order valence-electron chi connectivity index (χ1n) is 5.48. The minimum Gasteiger partial charge on any atom is -0.115 e. The van der Waals surface area contributed by atoms with Crippen LogP contribution in [0.3, 0.4) is 0 Å². The Morgan fingerprint density at radius 2 is 1.88 bits per heavy atom. The van der Waals surface area contributed by atoms with E-state index < -0.39 is 0 Å². The number of aryl methyl sites for hydroxylation is 1. The fourth-order valence-corrected chi connectivity index (χ4v) is 2.46. The van der Waals surface area contributed by atoms with Crippen LogP contribution in [0.2, 0.25) is 0 Å². The van der Waals surface area contributed by atoms with Crippen LogP contribution in [-0.2, 0) is 6.42 Å². The van der Waals surface area contributed by atoms with Gasteiger partial charge >= 0.3 is 0 Å². The third-order valence-electron chi connectivity index (χ3n) is 3.29. The Morgan fingerprint density at radius 1 is 1.06 bits per heavy atom. The normalized spacial score (nSPS) is 11.8.